The minimum absolute atomic E-state index is 0.0191. The van der Waals surface area contributed by atoms with Crippen molar-refractivity contribution in [2.45, 2.75) is 32.3 Å². The SMILES string of the molecule is COc1ccc(COc2c(F)cc(C(=O)NC[C@H]3CC[C@H](C#N)CC3)cc2F)cc1. The number of methoxy groups -OCH3 is 1. The second-order valence-corrected chi connectivity index (χ2v) is 7.46. The van der Waals surface area contributed by atoms with Gasteiger partial charge >= 0.3 is 0 Å². The lowest BCUT2D eigenvalue weighted by atomic mass is 9.83. The number of carbonyl (C=O) groups is 1. The van der Waals surface area contributed by atoms with E-state index in [2.05, 4.69) is 11.4 Å². The van der Waals surface area contributed by atoms with Crippen LogP contribution in [0.1, 0.15) is 41.6 Å². The number of carbonyl (C=O) groups excluding carboxylic acids is 1. The standard InChI is InChI=1S/C23H24F2N2O3/c1-29-19-8-6-17(7-9-19)14-30-22-20(24)10-18(11-21(22)25)23(28)27-13-16-4-2-15(12-26)3-5-16/h6-11,15-16H,2-5,13-14H2,1H3,(H,27,28)/t15-,16-. The van der Waals surface area contributed by atoms with E-state index in [1.54, 1.807) is 31.4 Å². The topological polar surface area (TPSA) is 71.3 Å². The van der Waals surface area contributed by atoms with E-state index in [0.717, 1.165) is 43.4 Å². The van der Waals surface area contributed by atoms with E-state index in [-0.39, 0.29) is 24.0 Å². The molecule has 0 spiro atoms. The van der Waals surface area contributed by atoms with Gasteiger partial charge in [-0.1, -0.05) is 12.1 Å². The Morgan fingerprint density at radius 3 is 2.33 bits per heavy atom. The van der Waals surface area contributed by atoms with Crippen molar-refractivity contribution in [1.82, 2.24) is 5.32 Å². The van der Waals surface area contributed by atoms with Crippen molar-refractivity contribution in [3.63, 3.8) is 0 Å². The van der Waals surface area contributed by atoms with Crippen LogP contribution in [0.3, 0.4) is 0 Å². The quantitative estimate of drug-likeness (QED) is 0.718. The zero-order valence-electron chi connectivity index (χ0n) is 16.8. The molecular weight excluding hydrogens is 390 g/mol. The van der Waals surface area contributed by atoms with Crippen LogP contribution in [-0.2, 0) is 6.61 Å². The lowest BCUT2D eigenvalue weighted by Gasteiger charge is -2.24. The lowest BCUT2D eigenvalue weighted by Crippen LogP contribution is -2.31. The number of hydrogen-bond acceptors (Lipinski definition) is 4. The van der Waals surface area contributed by atoms with Crippen LogP contribution in [0, 0.1) is 34.8 Å². The van der Waals surface area contributed by atoms with Gasteiger partial charge in [0.15, 0.2) is 17.4 Å². The zero-order chi connectivity index (χ0) is 21.5. The van der Waals surface area contributed by atoms with Crippen molar-refractivity contribution < 1.29 is 23.0 Å². The van der Waals surface area contributed by atoms with Gasteiger partial charge in [0.1, 0.15) is 12.4 Å². The summed E-state index contributed by atoms with van der Waals surface area (Å²) in [5.41, 5.74) is 0.634. The molecular formula is C23H24F2N2O3. The number of rotatable bonds is 7. The highest BCUT2D eigenvalue weighted by atomic mass is 19.1. The highest BCUT2D eigenvalue weighted by molar-refractivity contribution is 5.94. The van der Waals surface area contributed by atoms with Crippen LogP contribution in [0.25, 0.3) is 0 Å². The highest BCUT2D eigenvalue weighted by Gasteiger charge is 2.22. The summed E-state index contributed by atoms with van der Waals surface area (Å²) in [6, 6.07) is 11.2. The molecule has 5 nitrogen and oxygen atoms in total. The average Bonchev–Trinajstić information content (AvgIpc) is 2.77. The van der Waals surface area contributed by atoms with Crippen molar-refractivity contribution in [2.75, 3.05) is 13.7 Å². The Bertz CT molecular complexity index is 894. The Hall–Kier alpha value is -3.14. The molecule has 1 fully saturated rings. The Balaban J connectivity index is 1.56. The molecule has 0 saturated heterocycles. The third kappa shape index (κ3) is 5.47. The highest BCUT2D eigenvalue weighted by Crippen LogP contribution is 2.28. The molecule has 2 aromatic rings. The molecule has 1 aliphatic rings. The smallest absolute Gasteiger partial charge is 0.251 e. The first-order chi connectivity index (χ1) is 14.5. The number of nitriles is 1. The van der Waals surface area contributed by atoms with Gasteiger partial charge in [0.05, 0.1) is 13.2 Å². The number of halogens is 2. The van der Waals surface area contributed by atoms with E-state index < -0.39 is 23.3 Å². The van der Waals surface area contributed by atoms with Crippen LogP contribution in [-0.4, -0.2) is 19.6 Å². The molecule has 0 radical (unpaired) electrons. The summed E-state index contributed by atoms with van der Waals surface area (Å²) in [4.78, 5) is 12.3. The summed E-state index contributed by atoms with van der Waals surface area (Å²) in [7, 11) is 1.55. The van der Waals surface area contributed by atoms with E-state index in [1.807, 2.05) is 0 Å². The van der Waals surface area contributed by atoms with E-state index >= 15 is 0 Å². The molecule has 1 amide bonds. The van der Waals surface area contributed by atoms with Gasteiger partial charge in [0, 0.05) is 18.0 Å². The largest absolute Gasteiger partial charge is 0.497 e. The fourth-order valence-electron chi connectivity index (χ4n) is 3.54. The van der Waals surface area contributed by atoms with Crippen LogP contribution < -0.4 is 14.8 Å². The Morgan fingerprint density at radius 1 is 1.13 bits per heavy atom. The summed E-state index contributed by atoms with van der Waals surface area (Å²) < 4.78 is 39.1. The minimum atomic E-state index is -0.928. The van der Waals surface area contributed by atoms with Gasteiger partial charge in [-0.25, -0.2) is 8.78 Å². The van der Waals surface area contributed by atoms with Gasteiger partial charge in [-0.3, -0.25) is 4.79 Å². The number of nitrogens with zero attached hydrogens (tertiary/aromatic N) is 1. The van der Waals surface area contributed by atoms with E-state index in [1.165, 1.54) is 0 Å². The van der Waals surface area contributed by atoms with Crippen molar-refractivity contribution in [2.24, 2.45) is 11.8 Å². The van der Waals surface area contributed by atoms with Gasteiger partial charge in [-0.15, -0.1) is 0 Å². The molecule has 7 heteroatoms. The average molecular weight is 414 g/mol. The summed E-state index contributed by atoms with van der Waals surface area (Å²) in [6.07, 6.45) is 3.36. The maximum atomic E-state index is 14.4. The number of hydrogen-bond donors (Lipinski definition) is 1. The zero-order valence-corrected chi connectivity index (χ0v) is 16.8. The molecule has 0 unspecified atom stereocenters. The first-order valence-electron chi connectivity index (χ1n) is 9.92. The Morgan fingerprint density at radius 2 is 1.77 bits per heavy atom. The van der Waals surface area contributed by atoms with Gasteiger partial charge in [-0.05, 0) is 61.4 Å². The monoisotopic (exact) mass is 414 g/mol. The van der Waals surface area contributed by atoms with Crippen LogP contribution in [0.15, 0.2) is 36.4 Å². The third-order valence-corrected chi connectivity index (χ3v) is 5.38. The lowest BCUT2D eigenvalue weighted by molar-refractivity contribution is 0.0941. The minimum Gasteiger partial charge on any atom is -0.497 e. The molecule has 1 saturated carbocycles. The number of benzene rings is 2. The molecule has 0 aliphatic heterocycles. The van der Waals surface area contributed by atoms with Crippen molar-refractivity contribution >= 4 is 5.91 Å². The molecule has 30 heavy (non-hydrogen) atoms. The first-order valence-corrected chi connectivity index (χ1v) is 9.92. The molecule has 0 atom stereocenters. The first kappa shape index (κ1) is 21.6. The van der Waals surface area contributed by atoms with Crippen LogP contribution in [0.2, 0.25) is 0 Å². The Kier molecular flexibility index (Phi) is 7.23. The molecule has 2 aromatic carbocycles. The van der Waals surface area contributed by atoms with Gasteiger partial charge in [0.2, 0.25) is 0 Å². The predicted octanol–water partition coefficient (Wildman–Crippen LogP) is 4.61. The number of ether oxygens (including phenoxy) is 2. The Labute approximate surface area is 174 Å². The van der Waals surface area contributed by atoms with Crippen molar-refractivity contribution in [3.8, 4) is 17.6 Å². The van der Waals surface area contributed by atoms with E-state index in [4.69, 9.17) is 14.7 Å². The molecule has 0 heterocycles. The molecule has 158 valence electrons. The van der Waals surface area contributed by atoms with E-state index in [9.17, 15) is 13.6 Å². The second-order valence-electron chi connectivity index (χ2n) is 7.46. The summed E-state index contributed by atoms with van der Waals surface area (Å²) in [5.74, 6) is -1.86. The molecule has 1 aliphatic carbocycles. The molecule has 1 N–H and O–H groups in total. The number of amides is 1. The van der Waals surface area contributed by atoms with Crippen molar-refractivity contribution in [3.05, 3.63) is 59.2 Å². The van der Waals surface area contributed by atoms with E-state index in [0.29, 0.717) is 12.3 Å². The van der Waals surface area contributed by atoms with Gasteiger partial charge < -0.3 is 14.8 Å². The molecule has 3 rings (SSSR count). The van der Waals surface area contributed by atoms with Gasteiger partial charge in [-0.2, -0.15) is 5.26 Å². The van der Waals surface area contributed by atoms with Crippen LogP contribution in [0.5, 0.6) is 11.5 Å². The van der Waals surface area contributed by atoms with Crippen LogP contribution in [0.4, 0.5) is 8.78 Å². The fraction of sp³-hybridized carbons (Fsp3) is 0.391. The maximum Gasteiger partial charge on any atom is 0.251 e. The number of nitrogens with one attached hydrogen (secondary N) is 1. The van der Waals surface area contributed by atoms with Gasteiger partial charge in [0.25, 0.3) is 5.91 Å². The predicted molar refractivity (Wildman–Crippen MR) is 107 cm³/mol. The maximum absolute atomic E-state index is 14.4. The normalized spacial score (nSPS) is 18.3. The van der Waals surface area contributed by atoms with Crippen LogP contribution >= 0.6 is 0 Å². The third-order valence-electron chi connectivity index (χ3n) is 5.38. The summed E-state index contributed by atoms with van der Waals surface area (Å²) in [6.45, 7) is 0.407. The second kappa shape index (κ2) is 10.1. The molecule has 0 bridgehead atoms. The summed E-state index contributed by atoms with van der Waals surface area (Å²) >= 11 is 0. The molecule has 0 aromatic heterocycles. The summed E-state index contributed by atoms with van der Waals surface area (Å²) in [5, 5.41) is 11.7. The van der Waals surface area contributed by atoms with Crippen molar-refractivity contribution in [1.29, 1.82) is 5.26 Å². The fourth-order valence-corrected chi connectivity index (χ4v) is 3.54.